The Morgan fingerprint density at radius 2 is 0.739 bits per heavy atom. The molecule has 0 radical (unpaired) electrons. The van der Waals surface area contributed by atoms with E-state index < -0.39 is 0 Å². The number of azo groups is 1. The van der Waals surface area contributed by atoms with Gasteiger partial charge in [-0.2, -0.15) is 10.2 Å². The highest BCUT2D eigenvalue weighted by molar-refractivity contribution is 5.34. The maximum Gasteiger partial charge on any atom is 0.0852 e. The van der Waals surface area contributed by atoms with Crippen LogP contribution in [0.25, 0.3) is 0 Å². The number of rotatable bonds is 1. The first-order valence-corrected chi connectivity index (χ1v) is 8.78. The normalized spacial score (nSPS) is 7.17. The molecule has 0 atom stereocenters. The topological polar surface area (TPSA) is 24.7 Å². The summed E-state index contributed by atoms with van der Waals surface area (Å²) in [5.41, 5.74) is 0.903. The summed E-state index contributed by atoms with van der Waals surface area (Å²) in [4.78, 5) is 0. The molecule has 0 aliphatic rings. The molecule has 0 bridgehead atoms. The second-order valence-electron chi connectivity index (χ2n) is 2.79. The molecule has 2 aromatic carbocycles. The fourth-order valence-corrected chi connectivity index (χ4v) is 0.995. The molecule has 0 aliphatic heterocycles. The van der Waals surface area contributed by atoms with Gasteiger partial charge in [-0.1, -0.05) is 110 Å². The van der Waals surface area contributed by atoms with Crippen LogP contribution >= 0.6 is 0 Å². The Hall–Kier alpha value is -1.96. The Morgan fingerprint density at radius 1 is 0.478 bits per heavy atom. The number of hydrogen-bond donors (Lipinski definition) is 0. The van der Waals surface area contributed by atoms with Crippen LogP contribution in [0.2, 0.25) is 0 Å². The molecule has 0 spiro atoms. The maximum absolute atomic E-state index is 3.83. The Bertz CT molecular complexity index is 343. The van der Waals surface area contributed by atoms with Crippen LogP contribution in [0.3, 0.4) is 0 Å². The van der Waals surface area contributed by atoms with Gasteiger partial charge in [-0.3, -0.25) is 0 Å². The summed E-state index contributed by atoms with van der Waals surface area (Å²) >= 11 is 0. The summed E-state index contributed by atoms with van der Waals surface area (Å²) in [6, 6.07) is 21.6. The molecule has 0 N–H and O–H groups in total. The fourth-order valence-electron chi connectivity index (χ4n) is 0.995. The lowest BCUT2D eigenvalue weighted by atomic mass is 10.3. The SMILES string of the molecule is CC.CC.CC.CC.CN=Nc1ccccc1.c1ccccc1. The van der Waals surface area contributed by atoms with Gasteiger partial charge in [0, 0.05) is 7.05 Å². The van der Waals surface area contributed by atoms with E-state index in [1.54, 1.807) is 7.05 Å². The van der Waals surface area contributed by atoms with Crippen molar-refractivity contribution in [3.05, 3.63) is 66.7 Å². The van der Waals surface area contributed by atoms with Crippen LogP contribution in [0, 0.1) is 0 Å². The van der Waals surface area contributed by atoms with Gasteiger partial charge in [0.15, 0.2) is 0 Å². The van der Waals surface area contributed by atoms with Crippen molar-refractivity contribution in [3.8, 4) is 0 Å². The minimum absolute atomic E-state index is 0.903. The van der Waals surface area contributed by atoms with Crippen LogP contribution < -0.4 is 0 Å². The maximum atomic E-state index is 3.83. The lowest BCUT2D eigenvalue weighted by molar-refractivity contribution is 1.17. The average molecular weight is 319 g/mol. The molecule has 0 fully saturated rings. The molecule has 0 saturated carbocycles. The minimum atomic E-state index is 0.903. The highest BCUT2D eigenvalue weighted by Crippen LogP contribution is 2.08. The highest BCUT2D eigenvalue weighted by Gasteiger charge is 1.80. The first kappa shape index (κ1) is 29.1. The van der Waals surface area contributed by atoms with Crippen molar-refractivity contribution in [2.45, 2.75) is 55.4 Å². The van der Waals surface area contributed by atoms with Crippen molar-refractivity contribution in [2.24, 2.45) is 10.2 Å². The van der Waals surface area contributed by atoms with E-state index in [1.165, 1.54) is 0 Å². The highest BCUT2D eigenvalue weighted by atomic mass is 15.1. The lowest BCUT2D eigenvalue weighted by Crippen LogP contribution is -1.58. The van der Waals surface area contributed by atoms with E-state index in [-0.39, 0.29) is 0 Å². The van der Waals surface area contributed by atoms with Gasteiger partial charge in [0.1, 0.15) is 0 Å². The number of nitrogens with zero attached hydrogens (tertiary/aromatic N) is 2. The van der Waals surface area contributed by atoms with Gasteiger partial charge in [-0.25, -0.2) is 0 Å². The minimum Gasteiger partial charge on any atom is -0.192 e. The van der Waals surface area contributed by atoms with E-state index >= 15 is 0 Å². The summed E-state index contributed by atoms with van der Waals surface area (Å²) in [7, 11) is 1.66. The zero-order valence-corrected chi connectivity index (χ0v) is 16.7. The van der Waals surface area contributed by atoms with Crippen LogP contribution in [0.4, 0.5) is 5.69 Å². The molecule has 132 valence electrons. The van der Waals surface area contributed by atoms with E-state index in [0.29, 0.717) is 0 Å². The Morgan fingerprint density at radius 3 is 1.00 bits per heavy atom. The summed E-state index contributed by atoms with van der Waals surface area (Å²) in [5.74, 6) is 0. The van der Waals surface area contributed by atoms with Gasteiger partial charge in [-0.15, -0.1) is 0 Å². The van der Waals surface area contributed by atoms with Crippen LogP contribution in [-0.4, -0.2) is 7.05 Å². The van der Waals surface area contributed by atoms with Crippen LogP contribution in [0.15, 0.2) is 77.0 Å². The van der Waals surface area contributed by atoms with E-state index in [1.807, 2.05) is 122 Å². The monoisotopic (exact) mass is 318 g/mol. The molecule has 2 nitrogen and oxygen atoms in total. The molecule has 0 amide bonds. The third-order valence-electron chi connectivity index (χ3n) is 1.64. The predicted octanol–water partition coefficient (Wildman–Crippen LogP) is 8.19. The predicted molar refractivity (Wildman–Crippen MR) is 109 cm³/mol. The van der Waals surface area contributed by atoms with Crippen molar-refractivity contribution < 1.29 is 0 Å². The Kier molecular flexibility index (Phi) is 46.6. The lowest BCUT2D eigenvalue weighted by Gasteiger charge is -1.85. The third kappa shape index (κ3) is 28.8. The third-order valence-corrected chi connectivity index (χ3v) is 1.64. The van der Waals surface area contributed by atoms with Gasteiger partial charge >= 0.3 is 0 Å². The van der Waals surface area contributed by atoms with Gasteiger partial charge < -0.3 is 0 Å². The van der Waals surface area contributed by atoms with Gasteiger partial charge in [0.2, 0.25) is 0 Å². The van der Waals surface area contributed by atoms with Crippen LogP contribution in [-0.2, 0) is 0 Å². The summed E-state index contributed by atoms with van der Waals surface area (Å²) in [5, 5.41) is 7.46. The smallest absolute Gasteiger partial charge is 0.0852 e. The molecule has 2 rings (SSSR count). The Balaban J connectivity index is -0.000000113. The quantitative estimate of drug-likeness (QED) is 0.473. The molecule has 2 heteroatoms. The number of benzene rings is 2. The molecule has 23 heavy (non-hydrogen) atoms. The van der Waals surface area contributed by atoms with E-state index in [4.69, 9.17) is 0 Å². The molecular formula is C21H38N2. The zero-order chi connectivity index (χ0) is 18.8. The first-order chi connectivity index (χ1) is 11.4. The first-order valence-electron chi connectivity index (χ1n) is 8.78. The zero-order valence-electron chi connectivity index (χ0n) is 16.7. The van der Waals surface area contributed by atoms with Crippen molar-refractivity contribution in [3.63, 3.8) is 0 Å². The van der Waals surface area contributed by atoms with Crippen LogP contribution in [0.1, 0.15) is 55.4 Å². The van der Waals surface area contributed by atoms with Gasteiger partial charge in [0.25, 0.3) is 0 Å². The van der Waals surface area contributed by atoms with Crippen molar-refractivity contribution in [1.29, 1.82) is 0 Å². The van der Waals surface area contributed by atoms with E-state index in [0.717, 1.165) is 5.69 Å². The standard InChI is InChI=1S/C7H8N2.C6H6.4C2H6/c1-8-9-7-5-3-2-4-6-7;1-2-4-6-5-3-1;4*1-2/h2-6H,1H3;1-6H;4*1-2H3. The second-order valence-corrected chi connectivity index (χ2v) is 2.79. The van der Waals surface area contributed by atoms with Crippen LogP contribution in [0.5, 0.6) is 0 Å². The fraction of sp³-hybridized carbons (Fsp3) is 0.429. The molecule has 0 unspecified atom stereocenters. The molecule has 0 aromatic heterocycles. The van der Waals surface area contributed by atoms with E-state index in [2.05, 4.69) is 10.2 Å². The summed E-state index contributed by atoms with van der Waals surface area (Å²) in [6.07, 6.45) is 0. The van der Waals surface area contributed by atoms with Crippen molar-refractivity contribution in [1.82, 2.24) is 0 Å². The molecule has 0 saturated heterocycles. The molecule has 0 heterocycles. The van der Waals surface area contributed by atoms with Gasteiger partial charge in [0.05, 0.1) is 5.69 Å². The molecular weight excluding hydrogens is 280 g/mol. The summed E-state index contributed by atoms with van der Waals surface area (Å²) in [6.45, 7) is 16.0. The number of hydrogen-bond acceptors (Lipinski definition) is 2. The van der Waals surface area contributed by atoms with E-state index in [9.17, 15) is 0 Å². The molecule has 2 aromatic rings. The van der Waals surface area contributed by atoms with Crippen molar-refractivity contribution in [2.75, 3.05) is 7.05 Å². The average Bonchev–Trinajstić information content (AvgIpc) is 2.71. The van der Waals surface area contributed by atoms with Crippen molar-refractivity contribution >= 4 is 5.69 Å². The largest absolute Gasteiger partial charge is 0.192 e. The summed E-state index contributed by atoms with van der Waals surface area (Å²) < 4.78 is 0. The molecule has 0 aliphatic carbocycles. The second kappa shape index (κ2) is 36.9. The van der Waals surface area contributed by atoms with Gasteiger partial charge in [-0.05, 0) is 12.1 Å². The Labute approximate surface area is 145 Å².